The second-order valence-corrected chi connectivity index (χ2v) is 6.79. The summed E-state index contributed by atoms with van der Waals surface area (Å²) < 4.78 is 0. The summed E-state index contributed by atoms with van der Waals surface area (Å²) in [6.07, 6.45) is -4.31. The summed E-state index contributed by atoms with van der Waals surface area (Å²) >= 11 is 0. The van der Waals surface area contributed by atoms with Gasteiger partial charge in [-0.25, -0.2) is 4.79 Å². The number of aliphatic hydroxyl groups is 2. The van der Waals surface area contributed by atoms with Crippen LogP contribution in [0.3, 0.4) is 0 Å². The minimum absolute atomic E-state index is 0.711. The molecule has 12 N–H and O–H groups in total. The molecule has 6 atom stereocenters. The lowest BCUT2D eigenvalue weighted by Gasteiger charge is -2.26. The van der Waals surface area contributed by atoms with Gasteiger partial charge in [0, 0.05) is 0 Å². The number of hydrogen-bond acceptors (Lipinski definition) is 9. The average molecular weight is 448 g/mol. The number of nitrogens with one attached hydrogen (secondary N) is 3. The van der Waals surface area contributed by atoms with Gasteiger partial charge in [-0.2, -0.15) is 0 Å². The van der Waals surface area contributed by atoms with Crippen LogP contribution in [0.15, 0.2) is 0 Å². The summed E-state index contributed by atoms with van der Waals surface area (Å²) in [4.78, 5) is 70.2. The van der Waals surface area contributed by atoms with Gasteiger partial charge < -0.3 is 48.5 Å². The van der Waals surface area contributed by atoms with Crippen molar-refractivity contribution in [3.8, 4) is 0 Å². The van der Waals surface area contributed by atoms with Crippen molar-refractivity contribution < 1.29 is 44.1 Å². The summed E-state index contributed by atoms with van der Waals surface area (Å²) in [6.45, 7) is 2.31. The van der Waals surface area contributed by atoms with Gasteiger partial charge in [0.15, 0.2) is 0 Å². The number of aliphatic carboxylic acids is 1. The highest BCUT2D eigenvalue weighted by Gasteiger charge is 2.34. The highest BCUT2D eigenvalue weighted by Crippen LogP contribution is 2.02. The van der Waals surface area contributed by atoms with Crippen LogP contribution in [0.1, 0.15) is 26.7 Å². The Balaban J connectivity index is 5.48. The molecule has 0 saturated carbocycles. The third kappa shape index (κ3) is 9.83. The van der Waals surface area contributed by atoms with Gasteiger partial charge in [-0.05, 0) is 13.8 Å². The van der Waals surface area contributed by atoms with Crippen molar-refractivity contribution >= 4 is 35.5 Å². The van der Waals surface area contributed by atoms with Crippen molar-refractivity contribution in [2.24, 2.45) is 17.2 Å². The Labute approximate surface area is 176 Å². The molecule has 15 heteroatoms. The lowest BCUT2D eigenvalue weighted by molar-refractivity contribution is -0.144. The van der Waals surface area contributed by atoms with Gasteiger partial charge in [-0.3, -0.25) is 24.0 Å². The number of carboxylic acids is 1. The summed E-state index contributed by atoms with van der Waals surface area (Å²) in [5, 5.41) is 34.3. The molecule has 5 amide bonds. The number of carbonyl (C=O) groups is 6. The number of amides is 5. The first-order chi connectivity index (χ1) is 14.2. The molecule has 0 rings (SSSR count). The van der Waals surface area contributed by atoms with Crippen molar-refractivity contribution in [2.45, 2.75) is 63.1 Å². The van der Waals surface area contributed by atoms with Crippen LogP contribution in [0, 0.1) is 0 Å². The molecule has 0 bridgehead atoms. The fourth-order valence-corrected chi connectivity index (χ4v) is 2.22. The maximum absolute atomic E-state index is 12.5. The largest absolute Gasteiger partial charge is 0.480 e. The second kappa shape index (κ2) is 12.4. The van der Waals surface area contributed by atoms with E-state index < -0.39 is 84.7 Å². The van der Waals surface area contributed by atoms with Crippen molar-refractivity contribution in [1.29, 1.82) is 0 Å². The predicted octanol–water partition coefficient (Wildman–Crippen LogP) is -5.63. The SMILES string of the molecule is CC(O)C(N)C(=O)NC(CC(N)=O)C(=O)NC(C(=O)NC(CC(N)=O)C(=O)O)C(C)O. The summed E-state index contributed by atoms with van der Waals surface area (Å²) in [5.74, 6) is -6.93. The fraction of sp³-hybridized carbons (Fsp3) is 0.625. The molecule has 0 heterocycles. The van der Waals surface area contributed by atoms with Gasteiger partial charge in [0.1, 0.15) is 24.2 Å². The van der Waals surface area contributed by atoms with Crippen molar-refractivity contribution in [3.05, 3.63) is 0 Å². The molecule has 0 radical (unpaired) electrons. The second-order valence-electron chi connectivity index (χ2n) is 6.79. The summed E-state index contributed by atoms with van der Waals surface area (Å²) in [7, 11) is 0. The molecule has 31 heavy (non-hydrogen) atoms. The van der Waals surface area contributed by atoms with Crippen LogP contribution < -0.4 is 33.2 Å². The van der Waals surface area contributed by atoms with Gasteiger partial charge in [0.25, 0.3) is 0 Å². The Hall–Kier alpha value is -3.30. The van der Waals surface area contributed by atoms with Crippen LogP contribution in [0.5, 0.6) is 0 Å². The standard InChI is InChI=1S/C16H28N6O9/c1-5(23)11(19)14(28)20-7(3-9(17)25)13(27)22-12(6(2)24)15(29)21-8(16(30)31)4-10(18)26/h5-8,11-12,23-24H,3-4,19H2,1-2H3,(H2,17,25)(H2,18,26)(H,20,28)(H,21,29)(H,22,27)(H,30,31). The van der Waals surface area contributed by atoms with Crippen LogP contribution >= 0.6 is 0 Å². The first-order valence-electron chi connectivity index (χ1n) is 8.99. The van der Waals surface area contributed by atoms with Gasteiger partial charge >= 0.3 is 5.97 Å². The van der Waals surface area contributed by atoms with E-state index in [4.69, 9.17) is 22.3 Å². The minimum Gasteiger partial charge on any atom is -0.480 e. The molecule has 15 nitrogen and oxygen atoms in total. The fourth-order valence-electron chi connectivity index (χ4n) is 2.22. The number of hydrogen-bond donors (Lipinski definition) is 9. The van der Waals surface area contributed by atoms with Gasteiger partial charge in [-0.1, -0.05) is 0 Å². The molecule has 0 aromatic carbocycles. The third-order valence-corrected chi connectivity index (χ3v) is 3.94. The predicted molar refractivity (Wildman–Crippen MR) is 102 cm³/mol. The number of carbonyl (C=O) groups excluding carboxylic acids is 5. The summed E-state index contributed by atoms with van der Waals surface area (Å²) in [6, 6.07) is -6.53. The van der Waals surface area contributed by atoms with E-state index in [0.717, 1.165) is 6.92 Å². The maximum Gasteiger partial charge on any atom is 0.326 e. The molecule has 0 aliphatic carbocycles. The lowest BCUT2D eigenvalue weighted by atomic mass is 10.1. The molecular weight excluding hydrogens is 420 g/mol. The molecular formula is C16H28N6O9. The molecule has 0 aromatic rings. The van der Waals surface area contributed by atoms with E-state index in [1.807, 2.05) is 5.32 Å². The first kappa shape index (κ1) is 27.7. The van der Waals surface area contributed by atoms with E-state index in [0.29, 0.717) is 0 Å². The van der Waals surface area contributed by atoms with E-state index in [1.54, 1.807) is 0 Å². The smallest absolute Gasteiger partial charge is 0.326 e. The van der Waals surface area contributed by atoms with Crippen molar-refractivity contribution in [3.63, 3.8) is 0 Å². The highest BCUT2D eigenvalue weighted by atomic mass is 16.4. The number of nitrogens with two attached hydrogens (primary N) is 3. The monoisotopic (exact) mass is 448 g/mol. The Morgan fingerprint density at radius 1 is 0.742 bits per heavy atom. The Morgan fingerprint density at radius 3 is 1.58 bits per heavy atom. The highest BCUT2D eigenvalue weighted by molar-refractivity contribution is 5.96. The van der Waals surface area contributed by atoms with E-state index in [1.165, 1.54) is 6.92 Å². The van der Waals surface area contributed by atoms with Gasteiger partial charge in [0.05, 0.1) is 25.0 Å². The van der Waals surface area contributed by atoms with E-state index >= 15 is 0 Å². The van der Waals surface area contributed by atoms with Gasteiger partial charge in [-0.15, -0.1) is 0 Å². The number of primary amides is 2. The summed E-state index contributed by atoms with van der Waals surface area (Å²) in [5.41, 5.74) is 15.4. The number of rotatable bonds is 13. The molecule has 176 valence electrons. The third-order valence-electron chi connectivity index (χ3n) is 3.94. The van der Waals surface area contributed by atoms with E-state index in [2.05, 4.69) is 10.6 Å². The zero-order chi connectivity index (χ0) is 24.5. The number of aliphatic hydroxyl groups excluding tert-OH is 2. The molecule has 0 aliphatic heterocycles. The topological polar surface area (TPSA) is 277 Å². The molecule has 6 unspecified atom stereocenters. The van der Waals surface area contributed by atoms with Crippen LogP contribution in [0.4, 0.5) is 0 Å². The number of carboxylic acid groups (broad SMARTS) is 1. The quantitative estimate of drug-likeness (QED) is 0.129. The molecule has 0 spiro atoms. The van der Waals surface area contributed by atoms with E-state index in [9.17, 15) is 39.0 Å². The Morgan fingerprint density at radius 2 is 1.19 bits per heavy atom. The lowest BCUT2D eigenvalue weighted by Crippen LogP contribution is -2.61. The average Bonchev–Trinajstić information content (AvgIpc) is 2.62. The van der Waals surface area contributed by atoms with Crippen molar-refractivity contribution in [2.75, 3.05) is 0 Å². The van der Waals surface area contributed by atoms with Crippen molar-refractivity contribution in [1.82, 2.24) is 16.0 Å². The van der Waals surface area contributed by atoms with Crippen LogP contribution in [0.25, 0.3) is 0 Å². The molecule has 0 fully saturated rings. The Kier molecular flexibility index (Phi) is 11.1. The van der Waals surface area contributed by atoms with Gasteiger partial charge in [0.2, 0.25) is 29.5 Å². The van der Waals surface area contributed by atoms with Crippen LogP contribution in [0.2, 0.25) is 0 Å². The zero-order valence-corrected chi connectivity index (χ0v) is 16.9. The molecule has 0 aliphatic rings. The van der Waals surface area contributed by atoms with Crippen LogP contribution in [-0.4, -0.2) is 87.2 Å². The minimum atomic E-state index is -1.74. The Bertz CT molecular complexity index is 712. The maximum atomic E-state index is 12.5. The van der Waals surface area contributed by atoms with E-state index in [-0.39, 0.29) is 0 Å². The molecule has 0 saturated heterocycles. The first-order valence-corrected chi connectivity index (χ1v) is 8.99. The normalized spacial score (nSPS) is 16.5. The van der Waals surface area contributed by atoms with Crippen LogP contribution in [-0.2, 0) is 28.8 Å². The zero-order valence-electron chi connectivity index (χ0n) is 16.9. The molecule has 0 aromatic heterocycles.